The van der Waals surface area contributed by atoms with Crippen molar-refractivity contribution in [3.8, 4) is 16.9 Å². The molecule has 0 bridgehead atoms. The number of nitrogens with zero attached hydrogens (tertiary/aromatic N) is 2. The summed E-state index contributed by atoms with van der Waals surface area (Å²) in [7, 11) is 1.50. The van der Waals surface area contributed by atoms with Gasteiger partial charge in [0.25, 0.3) is 11.8 Å². The first-order chi connectivity index (χ1) is 20.0. The monoisotopic (exact) mass is 582 g/mol. The van der Waals surface area contributed by atoms with Crippen LogP contribution < -0.4 is 10.1 Å². The van der Waals surface area contributed by atoms with Crippen LogP contribution >= 0.6 is 0 Å². The third-order valence-corrected chi connectivity index (χ3v) is 7.15. The summed E-state index contributed by atoms with van der Waals surface area (Å²) in [6.07, 6.45) is -1.88. The molecule has 0 spiro atoms. The minimum atomic E-state index is -4.68. The van der Waals surface area contributed by atoms with Crippen molar-refractivity contribution in [3.63, 3.8) is 0 Å². The van der Waals surface area contributed by atoms with Gasteiger partial charge >= 0.3 is 6.18 Å². The lowest BCUT2D eigenvalue weighted by atomic mass is 10.00. The van der Waals surface area contributed by atoms with E-state index >= 15 is 0 Å². The third-order valence-electron chi connectivity index (χ3n) is 7.15. The Labute approximate surface area is 237 Å². The SMILES string of the molecule is COc1cc(C(=O)N2CC(O)C[C@@H]2c2cccc(C(=O)NCc3ccc(C(F)(F)F)cc3F)c2)ccc1-c1cn[nH]c1. The van der Waals surface area contributed by atoms with Crippen molar-refractivity contribution in [2.45, 2.75) is 31.3 Å². The van der Waals surface area contributed by atoms with Crippen LogP contribution in [-0.4, -0.2) is 51.8 Å². The number of aromatic nitrogens is 2. The summed E-state index contributed by atoms with van der Waals surface area (Å²) in [5.41, 5.74) is 1.48. The largest absolute Gasteiger partial charge is 0.496 e. The molecule has 2 atom stereocenters. The minimum Gasteiger partial charge on any atom is -0.496 e. The van der Waals surface area contributed by atoms with Gasteiger partial charge < -0.3 is 20.1 Å². The molecule has 42 heavy (non-hydrogen) atoms. The molecular weight excluding hydrogens is 556 g/mol. The van der Waals surface area contributed by atoms with Crippen LogP contribution in [0.25, 0.3) is 11.1 Å². The second-order valence-corrected chi connectivity index (χ2v) is 9.88. The molecule has 1 aliphatic rings. The number of amides is 2. The van der Waals surface area contributed by atoms with Gasteiger partial charge in [-0.25, -0.2) is 4.39 Å². The molecule has 3 aromatic carbocycles. The lowest BCUT2D eigenvalue weighted by Gasteiger charge is -2.25. The van der Waals surface area contributed by atoms with Crippen LogP contribution in [0.3, 0.4) is 0 Å². The van der Waals surface area contributed by atoms with Crippen molar-refractivity contribution >= 4 is 11.8 Å². The smallest absolute Gasteiger partial charge is 0.416 e. The Morgan fingerprint density at radius 3 is 2.62 bits per heavy atom. The van der Waals surface area contributed by atoms with Crippen LogP contribution in [0, 0.1) is 5.82 Å². The molecule has 0 aliphatic carbocycles. The quantitative estimate of drug-likeness (QED) is 0.262. The number of methoxy groups -OCH3 is 1. The van der Waals surface area contributed by atoms with Crippen molar-refractivity contribution < 1.29 is 37.0 Å². The van der Waals surface area contributed by atoms with E-state index in [1.807, 2.05) is 0 Å². The summed E-state index contributed by atoms with van der Waals surface area (Å²) < 4.78 is 58.2. The Balaban J connectivity index is 1.32. The zero-order chi connectivity index (χ0) is 30.0. The number of aromatic amines is 1. The maximum Gasteiger partial charge on any atom is 0.416 e. The average molecular weight is 583 g/mol. The van der Waals surface area contributed by atoms with E-state index < -0.39 is 35.6 Å². The number of benzene rings is 3. The highest BCUT2D eigenvalue weighted by Crippen LogP contribution is 2.36. The second kappa shape index (κ2) is 11.6. The molecule has 5 rings (SSSR count). The average Bonchev–Trinajstić information content (AvgIpc) is 3.65. The summed E-state index contributed by atoms with van der Waals surface area (Å²) in [6, 6.07) is 13.1. The third kappa shape index (κ3) is 5.98. The van der Waals surface area contributed by atoms with Gasteiger partial charge in [-0.3, -0.25) is 14.7 Å². The van der Waals surface area contributed by atoms with E-state index in [0.29, 0.717) is 22.9 Å². The Kier molecular flexibility index (Phi) is 7.99. The summed E-state index contributed by atoms with van der Waals surface area (Å²) in [6.45, 7) is -0.241. The molecule has 12 heteroatoms. The molecular formula is C30H26F4N4O4. The molecule has 1 unspecified atom stereocenters. The predicted molar refractivity (Wildman–Crippen MR) is 144 cm³/mol. The van der Waals surface area contributed by atoms with E-state index in [2.05, 4.69) is 15.5 Å². The number of aliphatic hydroxyl groups excluding tert-OH is 1. The maximum absolute atomic E-state index is 14.2. The Hall–Kier alpha value is -4.71. The molecule has 1 fully saturated rings. The number of likely N-dealkylation sites (tertiary alicyclic amines) is 1. The number of ether oxygens (including phenoxy) is 1. The number of carbonyl (C=O) groups excluding carboxylic acids is 2. The first-order valence-electron chi connectivity index (χ1n) is 12.9. The Bertz CT molecular complexity index is 1610. The fourth-order valence-electron chi connectivity index (χ4n) is 5.01. The van der Waals surface area contributed by atoms with Crippen LogP contribution in [0.2, 0.25) is 0 Å². The molecule has 1 saturated heterocycles. The van der Waals surface area contributed by atoms with E-state index in [1.54, 1.807) is 48.8 Å². The van der Waals surface area contributed by atoms with E-state index in [4.69, 9.17) is 4.74 Å². The van der Waals surface area contributed by atoms with E-state index in [1.165, 1.54) is 18.1 Å². The Morgan fingerprint density at radius 1 is 1.12 bits per heavy atom. The Morgan fingerprint density at radius 2 is 1.93 bits per heavy atom. The highest BCUT2D eigenvalue weighted by molar-refractivity contribution is 5.96. The normalized spacial score (nSPS) is 16.9. The van der Waals surface area contributed by atoms with Gasteiger partial charge in [0.2, 0.25) is 0 Å². The maximum atomic E-state index is 14.2. The number of hydrogen-bond donors (Lipinski definition) is 3. The topological polar surface area (TPSA) is 108 Å². The summed E-state index contributed by atoms with van der Waals surface area (Å²) in [5, 5.41) is 19.7. The fourth-order valence-corrected chi connectivity index (χ4v) is 5.01. The van der Waals surface area contributed by atoms with Gasteiger partial charge in [0.05, 0.1) is 31.0 Å². The molecule has 1 aromatic heterocycles. The van der Waals surface area contributed by atoms with Crippen LogP contribution in [0.1, 0.15) is 49.9 Å². The summed E-state index contributed by atoms with van der Waals surface area (Å²) >= 11 is 0. The molecule has 218 valence electrons. The minimum absolute atomic E-state index is 0.0823. The second-order valence-electron chi connectivity index (χ2n) is 9.88. The molecule has 2 amide bonds. The number of nitrogens with one attached hydrogen (secondary N) is 2. The first-order valence-corrected chi connectivity index (χ1v) is 12.9. The fraction of sp³-hybridized carbons (Fsp3) is 0.233. The van der Waals surface area contributed by atoms with Gasteiger partial charge in [0.1, 0.15) is 11.6 Å². The van der Waals surface area contributed by atoms with E-state index in [-0.39, 0.29) is 36.5 Å². The van der Waals surface area contributed by atoms with Crippen LogP contribution in [-0.2, 0) is 12.7 Å². The van der Waals surface area contributed by atoms with E-state index in [0.717, 1.165) is 23.3 Å². The van der Waals surface area contributed by atoms with Crippen molar-refractivity contribution in [1.29, 1.82) is 0 Å². The molecule has 1 aliphatic heterocycles. The summed E-state index contributed by atoms with van der Waals surface area (Å²) in [5.74, 6) is -1.52. The van der Waals surface area contributed by atoms with E-state index in [9.17, 15) is 32.3 Å². The number of carbonyl (C=O) groups is 2. The van der Waals surface area contributed by atoms with Crippen molar-refractivity contribution in [2.75, 3.05) is 13.7 Å². The van der Waals surface area contributed by atoms with Crippen molar-refractivity contribution in [2.24, 2.45) is 0 Å². The first kappa shape index (κ1) is 28.8. The number of aliphatic hydroxyl groups is 1. The molecule has 3 N–H and O–H groups in total. The van der Waals surface area contributed by atoms with Crippen molar-refractivity contribution in [3.05, 3.63) is 107 Å². The molecule has 8 nitrogen and oxygen atoms in total. The number of halogens is 4. The molecule has 0 radical (unpaired) electrons. The van der Waals surface area contributed by atoms with Gasteiger partial charge in [-0.05, 0) is 54.4 Å². The predicted octanol–water partition coefficient (Wildman–Crippen LogP) is 5.12. The van der Waals surface area contributed by atoms with Crippen LogP contribution in [0.4, 0.5) is 17.6 Å². The number of H-pyrrole nitrogens is 1. The van der Waals surface area contributed by atoms with Crippen molar-refractivity contribution in [1.82, 2.24) is 20.4 Å². The molecule has 4 aromatic rings. The summed E-state index contributed by atoms with van der Waals surface area (Å²) in [4.78, 5) is 28.0. The standard InChI is InChI=1S/C30H26F4N4O4/c1-42-27-10-19(6-8-24(27)21-14-36-37-15-21)29(41)38-16-23(39)12-26(38)17-3-2-4-18(9-17)28(40)35-13-20-5-7-22(11-25(20)31)30(32,33)34/h2-11,14-15,23,26,39H,12-13,16H2,1H3,(H,35,40)(H,36,37)/t23?,26-/m1/s1. The molecule has 2 heterocycles. The van der Waals surface area contributed by atoms with Gasteiger partial charge in [-0.2, -0.15) is 18.3 Å². The highest BCUT2D eigenvalue weighted by Gasteiger charge is 2.36. The lowest BCUT2D eigenvalue weighted by molar-refractivity contribution is -0.137. The number of rotatable bonds is 7. The molecule has 0 saturated carbocycles. The number of β-amino-alcohol motifs (C(OH)–C–C–N with tert-alkyl or cyclic N) is 1. The highest BCUT2D eigenvalue weighted by atomic mass is 19.4. The number of hydrogen-bond acceptors (Lipinski definition) is 5. The van der Waals surface area contributed by atoms with Gasteiger partial charge in [-0.15, -0.1) is 0 Å². The van der Waals surface area contributed by atoms with Gasteiger partial charge in [0, 0.05) is 47.1 Å². The zero-order valence-corrected chi connectivity index (χ0v) is 22.3. The van der Waals surface area contributed by atoms with Crippen LogP contribution in [0.15, 0.2) is 73.1 Å². The van der Waals surface area contributed by atoms with Gasteiger partial charge in [-0.1, -0.05) is 18.2 Å². The van der Waals surface area contributed by atoms with Gasteiger partial charge in [0.15, 0.2) is 0 Å². The van der Waals surface area contributed by atoms with Crippen LogP contribution in [0.5, 0.6) is 5.75 Å². The zero-order valence-electron chi connectivity index (χ0n) is 22.3. The number of alkyl halides is 3. The lowest BCUT2D eigenvalue weighted by Crippen LogP contribution is -2.32.